The Bertz CT molecular complexity index is 690. The van der Waals surface area contributed by atoms with Gasteiger partial charge in [0.1, 0.15) is 5.82 Å². The molecule has 2 N–H and O–H groups in total. The highest BCUT2D eigenvalue weighted by Gasteiger charge is 2.23. The molecular formula is C23H38FN5O. The zero-order valence-corrected chi connectivity index (χ0v) is 18.8. The molecule has 7 heteroatoms. The number of methoxy groups -OCH3 is 1. The van der Waals surface area contributed by atoms with E-state index in [-0.39, 0.29) is 5.82 Å². The third-order valence-corrected chi connectivity index (χ3v) is 6.36. The van der Waals surface area contributed by atoms with Gasteiger partial charge < -0.3 is 25.2 Å². The van der Waals surface area contributed by atoms with Crippen LogP contribution >= 0.6 is 0 Å². The van der Waals surface area contributed by atoms with Crippen LogP contribution in [-0.4, -0.2) is 76.9 Å². The minimum Gasteiger partial charge on any atom is -0.383 e. The fraction of sp³-hybridized carbons (Fsp3) is 0.696. The lowest BCUT2D eigenvalue weighted by Gasteiger charge is -2.36. The van der Waals surface area contributed by atoms with Crippen LogP contribution in [0.3, 0.4) is 0 Å². The van der Waals surface area contributed by atoms with Gasteiger partial charge in [-0.25, -0.2) is 4.39 Å². The lowest BCUT2D eigenvalue weighted by Crippen LogP contribution is -2.52. The summed E-state index contributed by atoms with van der Waals surface area (Å²) in [6.07, 6.45) is 4.67. The average Bonchev–Trinajstić information content (AvgIpc) is 2.76. The standard InChI is InChI=1S/C23H38FN5O/c1-18-15-20(24)6-7-22(18)29-10-4-5-21(17-29)27-23(25-2)26-16-19-8-11-28(12-9-19)13-14-30-3/h6-7,15,19,21H,4-5,8-14,16-17H2,1-3H3,(H2,25,26,27). The molecule has 1 aromatic rings. The number of rotatable bonds is 7. The molecule has 0 aromatic heterocycles. The van der Waals surface area contributed by atoms with Crippen molar-refractivity contribution in [1.29, 1.82) is 0 Å². The number of halogens is 1. The largest absolute Gasteiger partial charge is 0.383 e. The van der Waals surface area contributed by atoms with E-state index in [9.17, 15) is 4.39 Å². The van der Waals surface area contributed by atoms with Gasteiger partial charge in [0.2, 0.25) is 0 Å². The van der Waals surface area contributed by atoms with Crippen molar-refractivity contribution in [3.8, 4) is 0 Å². The highest BCUT2D eigenvalue weighted by Crippen LogP contribution is 2.24. The summed E-state index contributed by atoms with van der Waals surface area (Å²) in [5, 5.41) is 7.15. The highest BCUT2D eigenvalue weighted by molar-refractivity contribution is 5.80. The lowest BCUT2D eigenvalue weighted by atomic mass is 9.97. The number of guanidine groups is 1. The molecule has 0 radical (unpaired) electrons. The van der Waals surface area contributed by atoms with E-state index in [1.165, 1.54) is 12.8 Å². The normalized spacial score (nSPS) is 21.7. The predicted molar refractivity (Wildman–Crippen MR) is 122 cm³/mol. The number of anilines is 1. The molecule has 0 bridgehead atoms. The molecule has 2 heterocycles. The number of nitrogens with zero attached hydrogens (tertiary/aromatic N) is 3. The number of aliphatic imine (C=N–C) groups is 1. The third-order valence-electron chi connectivity index (χ3n) is 6.36. The average molecular weight is 420 g/mol. The van der Waals surface area contributed by atoms with Crippen LogP contribution in [0.25, 0.3) is 0 Å². The van der Waals surface area contributed by atoms with Gasteiger partial charge in [-0.15, -0.1) is 0 Å². The van der Waals surface area contributed by atoms with Crippen molar-refractivity contribution < 1.29 is 9.13 Å². The van der Waals surface area contributed by atoms with Crippen molar-refractivity contribution in [2.75, 3.05) is 64.9 Å². The summed E-state index contributed by atoms with van der Waals surface area (Å²) in [7, 11) is 3.61. The Morgan fingerprint density at radius 2 is 2.03 bits per heavy atom. The number of likely N-dealkylation sites (tertiary alicyclic amines) is 1. The van der Waals surface area contributed by atoms with Crippen LogP contribution in [0.2, 0.25) is 0 Å². The van der Waals surface area contributed by atoms with E-state index in [2.05, 4.69) is 25.4 Å². The zero-order valence-electron chi connectivity index (χ0n) is 18.8. The van der Waals surface area contributed by atoms with Crippen LogP contribution in [0.1, 0.15) is 31.2 Å². The molecule has 1 aromatic carbocycles. The first-order valence-electron chi connectivity index (χ1n) is 11.3. The number of hydrogen-bond acceptors (Lipinski definition) is 4. The molecule has 0 aliphatic carbocycles. The Kier molecular flexibility index (Phi) is 8.75. The maximum absolute atomic E-state index is 13.5. The van der Waals surface area contributed by atoms with Gasteiger partial charge in [0.15, 0.2) is 5.96 Å². The van der Waals surface area contributed by atoms with Crippen molar-refractivity contribution in [2.24, 2.45) is 10.9 Å². The topological polar surface area (TPSA) is 52.1 Å². The fourth-order valence-electron chi connectivity index (χ4n) is 4.55. The monoisotopic (exact) mass is 419 g/mol. The SMILES string of the molecule is CN=C(NCC1CCN(CCOC)CC1)NC1CCCN(c2ccc(F)cc2C)C1. The first kappa shape index (κ1) is 22.8. The van der Waals surface area contributed by atoms with E-state index in [0.29, 0.717) is 12.0 Å². The molecule has 0 spiro atoms. The molecule has 2 aliphatic rings. The summed E-state index contributed by atoms with van der Waals surface area (Å²) in [5.74, 6) is 1.41. The van der Waals surface area contributed by atoms with Crippen LogP contribution < -0.4 is 15.5 Å². The van der Waals surface area contributed by atoms with Crippen molar-refractivity contribution in [3.63, 3.8) is 0 Å². The van der Waals surface area contributed by atoms with E-state index in [4.69, 9.17) is 4.74 Å². The summed E-state index contributed by atoms with van der Waals surface area (Å²) in [6.45, 7) is 9.01. The molecule has 1 atom stereocenters. The smallest absolute Gasteiger partial charge is 0.191 e. The number of aryl methyl sites for hydroxylation is 1. The van der Waals surface area contributed by atoms with E-state index in [0.717, 1.165) is 75.9 Å². The van der Waals surface area contributed by atoms with Gasteiger partial charge in [-0.05, 0) is 75.4 Å². The second kappa shape index (κ2) is 11.5. The van der Waals surface area contributed by atoms with E-state index >= 15 is 0 Å². The number of nitrogens with one attached hydrogen (secondary N) is 2. The van der Waals surface area contributed by atoms with Gasteiger partial charge in [0, 0.05) is 52.1 Å². The first-order valence-corrected chi connectivity index (χ1v) is 11.3. The molecule has 3 rings (SSSR count). The zero-order chi connectivity index (χ0) is 21.3. The van der Waals surface area contributed by atoms with Crippen LogP contribution in [0.4, 0.5) is 10.1 Å². The molecule has 168 valence electrons. The maximum Gasteiger partial charge on any atom is 0.191 e. The lowest BCUT2D eigenvalue weighted by molar-refractivity contribution is 0.121. The molecule has 1 unspecified atom stereocenters. The van der Waals surface area contributed by atoms with Crippen LogP contribution in [-0.2, 0) is 4.74 Å². The molecule has 0 saturated carbocycles. The van der Waals surface area contributed by atoms with Crippen molar-refractivity contribution in [3.05, 3.63) is 29.6 Å². The molecule has 0 amide bonds. The number of benzene rings is 1. The third kappa shape index (κ3) is 6.57. The van der Waals surface area contributed by atoms with Crippen molar-refractivity contribution in [2.45, 2.75) is 38.6 Å². The Balaban J connectivity index is 1.44. The van der Waals surface area contributed by atoms with E-state index in [1.54, 1.807) is 19.2 Å². The summed E-state index contributed by atoms with van der Waals surface area (Å²) in [6, 6.07) is 5.41. The van der Waals surface area contributed by atoms with Crippen LogP contribution in [0.5, 0.6) is 0 Å². The summed E-state index contributed by atoms with van der Waals surface area (Å²) in [4.78, 5) is 9.30. The Morgan fingerprint density at radius 1 is 1.23 bits per heavy atom. The van der Waals surface area contributed by atoms with E-state index in [1.807, 2.05) is 20.0 Å². The van der Waals surface area contributed by atoms with Crippen LogP contribution in [0.15, 0.2) is 23.2 Å². The predicted octanol–water partition coefficient (Wildman–Crippen LogP) is 2.63. The maximum atomic E-state index is 13.5. The van der Waals surface area contributed by atoms with Crippen molar-refractivity contribution >= 4 is 11.6 Å². The Labute approximate surface area is 180 Å². The minimum absolute atomic E-state index is 0.169. The number of piperidine rings is 2. The fourth-order valence-corrected chi connectivity index (χ4v) is 4.55. The second-order valence-electron chi connectivity index (χ2n) is 8.59. The van der Waals surface area contributed by atoms with Crippen LogP contribution in [0, 0.1) is 18.7 Å². The van der Waals surface area contributed by atoms with Gasteiger partial charge >= 0.3 is 0 Å². The van der Waals surface area contributed by atoms with E-state index < -0.39 is 0 Å². The van der Waals surface area contributed by atoms with Crippen molar-refractivity contribution in [1.82, 2.24) is 15.5 Å². The molecule has 2 fully saturated rings. The molecular weight excluding hydrogens is 381 g/mol. The molecule has 30 heavy (non-hydrogen) atoms. The molecule has 2 aliphatic heterocycles. The molecule has 2 saturated heterocycles. The molecule has 6 nitrogen and oxygen atoms in total. The Morgan fingerprint density at radius 3 is 2.73 bits per heavy atom. The first-order chi connectivity index (χ1) is 14.6. The quantitative estimate of drug-likeness (QED) is 0.526. The minimum atomic E-state index is -0.169. The number of hydrogen-bond donors (Lipinski definition) is 2. The van der Waals surface area contributed by atoms with Gasteiger partial charge in [-0.3, -0.25) is 4.99 Å². The highest BCUT2D eigenvalue weighted by atomic mass is 19.1. The number of ether oxygens (including phenoxy) is 1. The summed E-state index contributed by atoms with van der Waals surface area (Å²) in [5.41, 5.74) is 2.13. The van der Waals surface area contributed by atoms with Gasteiger partial charge in [-0.1, -0.05) is 0 Å². The van der Waals surface area contributed by atoms with Gasteiger partial charge in [0.25, 0.3) is 0 Å². The van der Waals surface area contributed by atoms with Gasteiger partial charge in [-0.2, -0.15) is 0 Å². The Hall–Kier alpha value is -1.86. The second-order valence-corrected chi connectivity index (χ2v) is 8.59. The van der Waals surface area contributed by atoms with Gasteiger partial charge in [0.05, 0.1) is 6.61 Å². The summed E-state index contributed by atoms with van der Waals surface area (Å²) >= 11 is 0. The summed E-state index contributed by atoms with van der Waals surface area (Å²) < 4.78 is 18.6.